The molecule has 0 unspecified atom stereocenters. The lowest BCUT2D eigenvalue weighted by atomic mass is 10.1. The highest BCUT2D eigenvalue weighted by Gasteiger charge is 2.30. The summed E-state index contributed by atoms with van der Waals surface area (Å²) in [6.45, 7) is 3.64. The van der Waals surface area contributed by atoms with Crippen molar-refractivity contribution in [2.45, 2.75) is 25.6 Å². The largest absolute Gasteiger partial charge is 0.412 e. The molecule has 0 aliphatic carbocycles. The first-order chi connectivity index (χ1) is 8.48. The van der Waals surface area contributed by atoms with Crippen LogP contribution in [0.3, 0.4) is 0 Å². The molecule has 0 aliphatic heterocycles. The van der Waals surface area contributed by atoms with Gasteiger partial charge in [0.05, 0.1) is 0 Å². The van der Waals surface area contributed by atoms with E-state index in [1.54, 1.807) is 0 Å². The summed E-state index contributed by atoms with van der Waals surface area (Å²) in [6.07, 6.45) is -1.94. The van der Waals surface area contributed by atoms with Crippen molar-refractivity contribution < 1.29 is 13.2 Å². The topological polar surface area (TPSA) is 4.93 Å². The number of allylic oxidation sites excluding steroid dienone is 1. The van der Waals surface area contributed by atoms with Gasteiger partial charge in [-0.15, -0.1) is 0 Å². The van der Waals surface area contributed by atoms with Gasteiger partial charge in [0.25, 0.3) is 0 Å². The summed E-state index contributed by atoms with van der Waals surface area (Å²) in [5.74, 6) is 0. The standard InChI is InChI=1S/C14H14F3N/c1-11(14(15,16)17)5-4-9-18-10-8-12-6-2-3-7-13(12)18/h2-3,6-8,10H,1,4-5,9H2. The van der Waals surface area contributed by atoms with E-state index >= 15 is 0 Å². The molecule has 0 N–H and O–H groups in total. The molecule has 0 radical (unpaired) electrons. The van der Waals surface area contributed by atoms with Gasteiger partial charge in [0.2, 0.25) is 0 Å². The Kier molecular flexibility index (Phi) is 3.45. The van der Waals surface area contributed by atoms with Crippen LogP contribution in [0.2, 0.25) is 0 Å². The molecule has 1 nitrogen and oxygen atoms in total. The van der Waals surface area contributed by atoms with Crippen LogP contribution in [-0.2, 0) is 6.54 Å². The fourth-order valence-electron chi connectivity index (χ4n) is 1.94. The van der Waals surface area contributed by atoms with Gasteiger partial charge in [0.1, 0.15) is 0 Å². The molecule has 0 saturated carbocycles. The molecule has 1 aromatic heterocycles. The Hall–Kier alpha value is -1.71. The van der Waals surface area contributed by atoms with E-state index in [1.807, 2.05) is 41.1 Å². The Balaban J connectivity index is 1.97. The van der Waals surface area contributed by atoms with Gasteiger partial charge >= 0.3 is 6.18 Å². The molecule has 0 atom stereocenters. The van der Waals surface area contributed by atoms with E-state index in [4.69, 9.17) is 0 Å². The maximum absolute atomic E-state index is 12.3. The first-order valence-electron chi connectivity index (χ1n) is 5.77. The molecule has 0 fully saturated rings. The van der Waals surface area contributed by atoms with Gasteiger partial charge in [-0.3, -0.25) is 0 Å². The van der Waals surface area contributed by atoms with Crippen LogP contribution in [-0.4, -0.2) is 10.7 Å². The minimum absolute atomic E-state index is 0.0179. The maximum atomic E-state index is 12.3. The molecule has 0 saturated heterocycles. The van der Waals surface area contributed by atoms with Crippen LogP contribution in [0.1, 0.15) is 12.8 Å². The molecule has 2 rings (SSSR count). The molecule has 0 amide bonds. The third-order valence-corrected chi connectivity index (χ3v) is 2.96. The van der Waals surface area contributed by atoms with Crippen molar-refractivity contribution >= 4 is 10.9 Å². The normalized spacial score (nSPS) is 11.9. The molecule has 0 spiro atoms. The smallest absolute Gasteiger partial charge is 0.347 e. The van der Waals surface area contributed by atoms with Crippen LogP contribution in [0.25, 0.3) is 10.9 Å². The number of alkyl halides is 3. The van der Waals surface area contributed by atoms with Crippen molar-refractivity contribution in [2.75, 3.05) is 0 Å². The predicted octanol–water partition coefficient (Wildman–Crippen LogP) is 4.54. The Bertz CT molecular complexity index is 551. The highest BCUT2D eigenvalue weighted by Crippen LogP contribution is 2.27. The lowest BCUT2D eigenvalue weighted by Gasteiger charge is -2.10. The molecule has 2 aromatic rings. The number of aryl methyl sites for hydroxylation is 1. The number of nitrogens with zero attached hydrogens (tertiary/aromatic N) is 1. The summed E-state index contributed by atoms with van der Waals surface area (Å²) >= 11 is 0. The number of hydrogen-bond acceptors (Lipinski definition) is 0. The molecular formula is C14H14F3N. The molecule has 18 heavy (non-hydrogen) atoms. The van der Waals surface area contributed by atoms with Crippen molar-refractivity contribution in [3.63, 3.8) is 0 Å². The van der Waals surface area contributed by atoms with E-state index in [0.717, 1.165) is 10.9 Å². The van der Waals surface area contributed by atoms with E-state index in [1.165, 1.54) is 0 Å². The fraction of sp³-hybridized carbons (Fsp3) is 0.286. The number of fused-ring (bicyclic) bond motifs is 1. The van der Waals surface area contributed by atoms with E-state index in [2.05, 4.69) is 6.58 Å². The second-order valence-corrected chi connectivity index (χ2v) is 4.27. The van der Waals surface area contributed by atoms with E-state index in [-0.39, 0.29) is 6.42 Å². The summed E-state index contributed by atoms with van der Waals surface area (Å²) < 4.78 is 38.8. The van der Waals surface area contributed by atoms with Crippen LogP contribution in [0.4, 0.5) is 13.2 Å². The zero-order valence-corrected chi connectivity index (χ0v) is 9.87. The van der Waals surface area contributed by atoms with Gasteiger partial charge in [-0.2, -0.15) is 13.2 Å². The Morgan fingerprint density at radius 2 is 1.89 bits per heavy atom. The van der Waals surface area contributed by atoms with Crippen molar-refractivity contribution in [2.24, 2.45) is 0 Å². The fourth-order valence-corrected chi connectivity index (χ4v) is 1.94. The van der Waals surface area contributed by atoms with Gasteiger partial charge < -0.3 is 4.57 Å². The van der Waals surface area contributed by atoms with Crippen molar-refractivity contribution in [3.8, 4) is 0 Å². The SMILES string of the molecule is C=C(CCCn1ccc2ccccc21)C(F)(F)F. The van der Waals surface area contributed by atoms with Gasteiger partial charge in [0.15, 0.2) is 0 Å². The lowest BCUT2D eigenvalue weighted by Crippen LogP contribution is -2.11. The number of rotatable bonds is 4. The van der Waals surface area contributed by atoms with Crippen LogP contribution in [0, 0.1) is 0 Å². The number of hydrogen-bond donors (Lipinski definition) is 0. The van der Waals surface area contributed by atoms with Crippen molar-refractivity contribution in [1.82, 2.24) is 4.57 Å². The summed E-state index contributed by atoms with van der Waals surface area (Å²) in [4.78, 5) is 0. The summed E-state index contributed by atoms with van der Waals surface area (Å²) in [5, 5.41) is 1.10. The molecule has 1 aromatic carbocycles. The average Bonchev–Trinajstić information content (AvgIpc) is 2.71. The highest BCUT2D eigenvalue weighted by molar-refractivity contribution is 5.79. The zero-order chi connectivity index (χ0) is 13.2. The van der Waals surface area contributed by atoms with Crippen LogP contribution in [0.15, 0.2) is 48.7 Å². The van der Waals surface area contributed by atoms with Gasteiger partial charge in [-0.05, 0) is 30.4 Å². The van der Waals surface area contributed by atoms with Gasteiger partial charge in [0, 0.05) is 23.8 Å². The molecule has 96 valence electrons. The van der Waals surface area contributed by atoms with Gasteiger partial charge in [-0.25, -0.2) is 0 Å². The van der Waals surface area contributed by atoms with Crippen LogP contribution < -0.4 is 0 Å². The first-order valence-corrected chi connectivity index (χ1v) is 5.77. The third kappa shape index (κ3) is 2.75. The monoisotopic (exact) mass is 253 g/mol. The minimum Gasteiger partial charge on any atom is -0.347 e. The molecule has 0 aliphatic rings. The van der Waals surface area contributed by atoms with E-state index in [9.17, 15) is 13.2 Å². The Morgan fingerprint density at radius 1 is 1.17 bits per heavy atom. The van der Waals surface area contributed by atoms with Crippen molar-refractivity contribution in [3.05, 3.63) is 48.7 Å². The third-order valence-electron chi connectivity index (χ3n) is 2.96. The zero-order valence-electron chi connectivity index (χ0n) is 9.87. The average molecular weight is 253 g/mol. The summed E-state index contributed by atoms with van der Waals surface area (Å²) in [5.41, 5.74) is 0.397. The number of para-hydroxylation sites is 1. The van der Waals surface area contributed by atoms with Crippen LogP contribution >= 0.6 is 0 Å². The van der Waals surface area contributed by atoms with Gasteiger partial charge in [-0.1, -0.05) is 24.8 Å². The number of benzene rings is 1. The highest BCUT2D eigenvalue weighted by atomic mass is 19.4. The van der Waals surface area contributed by atoms with E-state index in [0.29, 0.717) is 13.0 Å². The molecular weight excluding hydrogens is 239 g/mol. The molecule has 0 bridgehead atoms. The quantitative estimate of drug-likeness (QED) is 0.705. The van der Waals surface area contributed by atoms with Crippen molar-refractivity contribution in [1.29, 1.82) is 0 Å². The van der Waals surface area contributed by atoms with E-state index < -0.39 is 11.7 Å². The molecule has 4 heteroatoms. The van der Waals surface area contributed by atoms with Crippen LogP contribution in [0.5, 0.6) is 0 Å². The Morgan fingerprint density at radius 3 is 2.61 bits per heavy atom. The Labute approximate surface area is 104 Å². The second kappa shape index (κ2) is 4.88. The number of aromatic nitrogens is 1. The minimum atomic E-state index is -4.27. The predicted molar refractivity (Wildman–Crippen MR) is 66.4 cm³/mol. The lowest BCUT2D eigenvalue weighted by molar-refractivity contribution is -0.0937. The second-order valence-electron chi connectivity index (χ2n) is 4.27. The summed E-state index contributed by atoms with van der Waals surface area (Å²) in [7, 11) is 0. The first kappa shape index (κ1) is 12.7. The maximum Gasteiger partial charge on any atom is 0.412 e. The molecule has 1 heterocycles. The summed E-state index contributed by atoms with van der Waals surface area (Å²) in [6, 6.07) is 9.79. The number of halogens is 3.